The van der Waals surface area contributed by atoms with Crippen LogP contribution in [0.3, 0.4) is 0 Å². The highest BCUT2D eigenvalue weighted by atomic mass is 16.5. The normalized spacial score (nSPS) is 23.4. The maximum Gasteiger partial charge on any atom is 0.193 e. The Labute approximate surface area is 137 Å². The van der Waals surface area contributed by atoms with Crippen molar-refractivity contribution < 1.29 is 14.0 Å². The van der Waals surface area contributed by atoms with E-state index >= 15 is 0 Å². The highest BCUT2D eigenvalue weighted by molar-refractivity contribution is 5.79. The van der Waals surface area contributed by atoms with Crippen molar-refractivity contribution in [3.63, 3.8) is 0 Å². The highest BCUT2D eigenvalue weighted by Gasteiger charge is 2.24. The fourth-order valence-electron chi connectivity index (χ4n) is 3.08. The van der Waals surface area contributed by atoms with Crippen molar-refractivity contribution in [3.05, 3.63) is 18.0 Å². The van der Waals surface area contributed by atoms with Crippen LogP contribution in [0.2, 0.25) is 0 Å². The molecule has 0 bridgehead atoms. The molecule has 0 radical (unpaired) electrons. The van der Waals surface area contributed by atoms with Crippen LogP contribution in [0.5, 0.6) is 0 Å². The van der Waals surface area contributed by atoms with E-state index in [4.69, 9.17) is 14.0 Å². The number of aromatic nitrogens is 1. The van der Waals surface area contributed by atoms with Crippen molar-refractivity contribution in [1.82, 2.24) is 15.4 Å². The van der Waals surface area contributed by atoms with Crippen molar-refractivity contribution >= 4 is 5.96 Å². The molecule has 0 amide bonds. The molecule has 7 nitrogen and oxygen atoms in total. The molecule has 23 heavy (non-hydrogen) atoms. The molecular formula is C16H26N4O3. The molecule has 0 aromatic carbocycles. The molecule has 0 spiro atoms. The standard InChI is InChI=1S/C16H26N4O3/c1-17-16(18-11-13-6-10-23-19-13)20-7-4-14(5-8-20)22-12-15-3-2-9-21-15/h6,10,14-15H,2-5,7-9,11-12H2,1H3,(H,17,18). The van der Waals surface area contributed by atoms with Crippen molar-refractivity contribution in [2.45, 2.75) is 44.4 Å². The van der Waals surface area contributed by atoms with Crippen molar-refractivity contribution in [3.8, 4) is 0 Å². The first-order valence-corrected chi connectivity index (χ1v) is 8.43. The highest BCUT2D eigenvalue weighted by Crippen LogP contribution is 2.17. The van der Waals surface area contributed by atoms with E-state index in [2.05, 4.69) is 20.4 Å². The van der Waals surface area contributed by atoms with E-state index in [9.17, 15) is 0 Å². The van der Waals surface area contributed by atoms with Crippen LogP contribution in [0.15, 0.2) is 21.8 Å². The zero-order valence-electron chi connectivity index (χ0n) is 13.7. The molecule has 0 saturated carbocycles. The fraction of sp³-hybridized carbons (Fsp3) is 0.750. The molecule has 2 aliphatic heterocycles. The minimum absolute atomic E-state index is 0.310. The molecule has 2 fully saturated rings. The van der Waals surface area contributed by atoms with E-state index in [0.717, 1.165) is 57.2 Å². The Morgan fingerprint density at radius 3 is 2.96 bits per heavy atom. The summed E-state index contributed by atoms with van der Waals surface area (Å²) in [7, 11) is 1.81. The zero-order valence-corrected chi connectivity index (χ0v) is 13.7. The summed E-state index contributed by atoms with van der Waals surface area (Å²) in [6, 6.07) is 1.85. The molecular weight excluding hydrogens is 296 g/mol. The predicted molar refractivity (Wildman–Crippen MR) is 86.2 cm³/mol. The Balaban J connectivity index is 1.38. The number of aliphatic imine (C=N–C) groups is 1. The van der Waals surface area contributed by atoms with Gasteiger partial charge in [0, 0.05) is 32.8 Å². The molecule has 1 aromatic rings. The van der Waals surface area contributed by atoms with Crippen LogP contribution in [0.4, 0.5) is 0 Å². The Morgan fingerprint density at radius 1 is 1.43 bits per heavy atom. The molecule has 7 heteroatoms. The van der Waals surface area contributed by atoms with Gasteiger partial charge in [-0.2, -0.15) is 0 Å². The molecule has 3 rings (SSSR count). The van der Waals surface area contributed by atoms with Crippen LogP contribution >= 0.6 is 0 Å². The maximum atomic E-state index is 6.01. The first-order chi connectivity index (χ1) is 11.3. The molecule has 3 heterocycles. The molecule has 2 saturated heterocycles. The molecule has 1 aromatic heterocycles. The third kappa shape index (κ3) is 4.68. The summed E-state index contributed by atoms with van der Waals surface area (Å²) in [5, 5.41) is 7.22. The lowest BCUT2D eigenvalue weighted by Crippen LogP contribution is -2.47. The first-order valence-electron chi connectivity index (χ1n) is 8.43. The number of ether oxygens (including phenoxy) is 2. The maximum absolute atomic E-state index is 6.01. The lowest BCUT2D eigenvalue weighted by atomic mass is 10.1. The van der Waals surface area contributed by atoms with Crippen LogP contribution < -0.4 is 5.32 Å². The number of piperidine rings is 1. The van der Waals surface area contributed by atoms with Gasteiger partial charge >= 0.3 is 0 Å². The van der Waals surface area contributed by atoms with Crippen molar-refractivity contribution in [1.29, 1.82) is 0 Å². The summed E-state index contributed by atoms with van der Waals surface area (Å²) in [5.74, 6) is 0.908. The van der Waals surface area contributed by atoms with Gasteiger partial charge in [0.1, 0.15) is 12.0 Å². The Kier molecular flexibility index (Phi) is 5.87. The van der Waals surface area contributed by atoms with Gasteiger partial charge in [-0.15, -0.1) is 0 Å². The van der Waals surface area contributed by atoms with Crippen molar-refractivity contribution in [2.75, 3.05) is 33.4 Å². The summed E-state index contributed by atoms with van der Waals surface area (Å²) in [5.41, 5.74) is 0.876. The minimum Gasteiger partial charge on any atom is -0.376 e. The summed E-state index contributed by atoms with van der Waals surface area (Å²) in [4.78, 5) is 6.63. The summed E-state index contributed by atoms with van der Waals surface area (Å²) >= 11 is 0. The van der Waals surface area contributed by atoms with Gasteiger partial charge in [0.2, 0.25) is 0 Å². The molecule has 1 atom stereocenters. The van der Waals surface area contributed by atoms with Gasteiger partial charge in [-0.1, -0.05) is 5.16 Å². The summed E-state index contributed by atoms with van der Waals surface area (Å²) in [6.07, 6.45) is 6.58. The van der Waals surface area contributed by atoms with Crippen LogP contribution in [0.25, 0.3) is 0 Å². The average molecular weight is 322 g/mol. The fourth-order valence-corrected chi connectivity index (χ4v) is 3.08. The van der Waals surface area contributed by atoms with E-state index in [1.807, 2.05) is 13.1 Å². The minimum atomic E-state index is 0.310. The average Bonchev–Trinajstić information content (AvgIpc) is 3.28. The SMILES string of the molecule is CN=C(NCc1ccon1)N1CCC(OCC2CCCO2)CC1. The van der Waals surface area contributed by atoms with Crippen LogP contribution in [0, 0.1) is 0 Å². The number of likely N-dealkylation sites (tertiary alicyclic amines) is 1. The number of nitrogens with one attached hydrogen (secondary N) is 1. The predicted octanol–water partition coefficient (Wildman–Crippen LogP) is 1.41. The lowest BCUT2D eigenvalue weighted by molar-refractivity contribution is -0.0367. The molecule has 0 aliphatic carbocycles. The summed E-state index contributed by atoms with van der Waals surface area (Å²) < 4.78 is 16.5. The van der Waals surface area contributed by atoms with Gasteiger partial charge in [-0.25, -0.2) is 0 Å². The molecule has 128 valence electrons. The van der Waals surface area contributed by atoms with Crippen LogP contribution in [-0.4, -0.2) is 61.6 Å². The smallest absolute Gasteiger partial charge is 0.193 e. The van der Waals surface area contributed by atoms with E-state index in [1.165, 1.54) is 6.42 Å². The summed E-state index contributed by atoms with van der Waals surface area (Å²) in [6.45, 7) is 4.16. The topological polar surface area (TPSA) is 72.1 Å². The van der Waals surface area contributed by atoms with Gasteiger partial charge in [0.15, 0.2) is 5.96 Å². The largest absolute Gasteiger partial charge is 0.376 e. The second kappa shape index (κ2) is 8.31. The van der Waals surface area contributed by atoms with Gasteiger partial charge in [-0.3, -0.25) is 4.99 Å². The van der Waals surface area contributed by atoms with Gasteiger partial charge in [-0.05, 0) is 25.7 Å². The lowest BCUT2D eigenvalue weighted by Gasteiger charge is -2.34. The quantitative estimate of drug-likeness (QED) is 0.653. The molecule has 2 aliphatic rings. The van der Waals surface area contributed by atoms with E-state index in [0.29, 0.717) is 18.8 Å². The van der Waals surface area contributed by atoms with Crippen LogP contribution in [0.1, 0.15) is 31.4 Å². The van der Waals surface area contributed by atoms with E-state index < -0.39 is 0 Å². The number of hydrogen-bond acceptors (Lipinski definition) is 5. The Morgan fingerprint density at radius 2 is 2.30 bits per heavy atom. The van der Waals surface area contributed by atoms with Crippen molar-refractivity contribution in [2.24, 2.45) is 4.99 Å². The second-order valence-electron chi connectivity index (χ2n) is 6.05. The number of rotatable bonds is 5. The van der Waals surface area contributed by atoms with Gasteiger partial charge < -0.3 is 24.2 Å². The monoisotopic (exact) mass is 322 g/mol. The van der Waals surface area contributed by atoms with E-state index in [1.54, 1.807) is 6.26 Å². The number of hydrogen-bond donors (Lipinski definition) is 1. The third-order valence-corrected chi connectivity index (χ3v) is 4.41. The van der Waals surface area contributed by atoms with Gasteiger partial charge in [0.25, 0.3) is 0 Å². The van der Waals surface area contributed by atoms with Crippen LogP contribution in [-0.2, 0) is 16.0 Å². The number of guanidine groups is 1. The first kappa shape index (κ1) is 16.3. The van der Waals surface area contributed by atoms with Gasteiger partial charge in [0.05, 0.1) is 25.4 Å². The Hall–Kier alpha value is -1.60. The molecule has 1 unspecified atom stereocenters. The number of nitrogens with zero attached hydrogens (tertiary/aromatic N) is 3. The second-order valence-corrected chi connectivity index (χ2v) is 6.05. The van der Waals surface area contributed by atoms with E-state index in [-0.39, 0.29) is 0 Å². The Bertz CT molecular complexity index is 478. The molecule has 1 N–H and O–H groups in total. The zero-order chi connectivity index (χ0) is 15.9. The third-order valence-electron chi connectivity index (χ3n) is 4.41.